The topological polar surface area (TPSA) is 149 Å². The number of rotatable bonds is 5. The van der Waals surface area contributed by atoms with E-state index in [0.29, 0.717) is 5.69 Å². The van der Waals surface area contributed by atoms with Gasteiger partial charge in [-0.2, -0.15) is 8.42 Å². The van der Waals surface area contributed by atoms with E-state index in [1.807, 2.05) is 0 Å². The van der Waals surface area contributed by atoms with Gasteiger partial charge in [0.25, 0.3) is 10.1 Å². The van der Waals surface area contributed by atoms with Crippen molar-refractivity contribution >= 4 is 55.5 Å². The summed E-state index contributed by atoms with van der Waals surface area (Å²) >= 11 is 5.84. The summed E-state index contributed by atoms with van der Waals surface area (Å²) in [6.07, 6.45) is 1.06. The second kappa shape index (κ2) is 8.11. The fourth-order valence-electron chi connectivity index (χ4n) is 2.59. The summed E-state index contributed by atoms with van der Waals surface area (Å²) in [7, 11) is -4.79. The number of anilines is 1. The number of benzene rings is 3. The lowest BCUT2D eigenvalue weighted by molar-refractivity contribution is -0.111. The van der Waals surface area contributed by atoms with Crippen molar-refractivity contribution in [3.63, 3.8) is 0 Å². The molecule has 0 unspecified atom stereocenters. The molecular formula is C19H14ClN3O6S. The van der Waals surface area contributed by atoms with Crippen molar-refractivity contribution in [2.75, 3.05) is 5.32 Å². The van der Waals surface area contributed by atoms with Gasteiger partial charge in [0.15, 0.2) is 5.75 Å². The maximum absolute atomic E-state index is 11.8. The maximum atomic E-state index is 11.8. The summed E-state index contributed by atoms with van der Waals surface area (Å²) in [5.74, 6) is -1.38. The van der Waals surface area contributed by atoms with Gasteiger partial charge in [0.1, 0.15) is 22.0 Å². The quantitative estimate of drug-likeness (QED) is 0.253. The van der Waals surface area contributed by atoms with Crippen LogP contribution in [0.25, 0.3) is 10.8 Å². The monoisotopic (exact) mass is 447 g/mol. The Balaban J connectivity index is 2.22. The highest BCUT2D eigenvalue weighted by Crippen LogP contribution is 2.42. The molecule has 0 aliphatic rings. The molecule has 0 atom stereocenters. The van der Waals surface area contributed by atoms with E-state index in [1.54, 1.807) is 0 Å². The number of hydrogen-bond acceptors (Lipinski definition) is 7. The van der Waals surface area contributed by atoms with Crippen molar-refractivity contribution in [2.24, 2.45) is 10.2 Å². The Morgan fingerprint density at radius 1 is 1.10 bits per heavy atom. The van der Waals surface area contributed by atoms with Gasteiger partial charge in [-0.15, -0.1) is 10.2 Å². The number of aromatic hydroxyl groups is 2. The van der Waals surface area contributed by atoms with Gasteiger partial charge in [-0.3, -0.25) is 9.35 Å². The van der Waals surface area contributed by atoms with Crippen LogP contribution in [0.2, 0.25) is 5.02 Å². The molecule has 0 heterocycles. The second-order valence-corrected chi connectivity index (χ2v) is 7.84. The predicted molar refractivity (Wildman–Crippen MR) is 112 cm³/mol. The van der Waals surface area contributed by atoms with Gasteiger partial charge in [0, 0.05) is 16.1 Å². The first-order valence-electron chi connectivity index (χ1n) is 8.21. The SMILES string of the molecule is C=CC(=O)Nc1ccc2cc(S(=O)(=O)O)c(N=Nc3cc(Cl)ccc3O)c(O)c2c1. The summed E-state index contributed by atoms with van der Waals surface area (Å²) in [6.45, 7) is 3.34. The van der Waals surface area contributed by atoms with Crippen molar-refractivity contribution < 1.29 is 28.0 Å². The fourth-order valence-corrected chi connectivity index (χ4v) is 3.41. The molecule has 0 fully saturated rings. The molecule has 0 bridgehead atoms. The van der Waals surface area contributed by atoms with E-state index >= 15 is 0 Å². The number of phenols is 2. The molecule has 3 aromatic rings. The van der Waals surface area contributed by atoms with E-state index in [1.165, 1.54) is 36.4 Å². The van der Waals surface area contributed by atoms with E-state index in [4.69, 9.17) is 11.6 Å². The van der Waals surface area contributed by atoms with Gasteiger partial charge in [0.05, 0.1) is 0 Å². The minimum absolute atomic E-state index is 0.0877. The normalized spacial score (nSPS) is 11.7. The molecular weight excluding hydrogens is 434 g/mol. The van der Waals surface area contributed by atoms with Crippen LogP contribution in [0.4, 0.5) is 17.1 Å². The van der Waals surface area contributed by atoms with Crippen molar-refractivity contribution in [1.82, 2.24) is 0 Å². The molecule has 0 radical (unpaired) electrons. The molecule has 3 aromatic carbocycles. The minimum atomic E-state index is -4.79. The number of azo groups is 1. The zero-order chi connectivity index (χ0) is 22.1. The number of nitrogens with zero attached hydrogens (tertiary/aromatic N) is 2. The van der Waals surface area contributed by atoms with Gasteiger partial charge in [-0.25, -0.2) is 0 Å². The van der Waals surface area contributed by atoms with Crippen LogP contribution >= 0.6 is 11.6 Å². The first-order chi connectivity index (χ1) is 14.1. The van der Waals surface area contributed by atoms with Gasteiger partial charge in [-0.1, -0.05) is 24.2 Å². The van der Waals surface area contributed by atoms with Crippen LogP contribution < -0.4 is 5.32 Å². The van der Waals surface area contributed by atoms with E-state index in [9.17, 15) is 28.0 Å². The Morgan fingerprint density at radius 3 is 2.50 bits per heavy atom. The number of fused-ring (bicyclic) bond motifs is 1. The zero-order valence-electron chi connectivity index (χ0n) is 15.1. The summed E-state index contributed by atoms with van der Waals surface area (Å²) in [5.41, 5.74) is -0.343. The number of amides is 1. The Labute approximate surface area is 175 Å². The summed E-state index contributed by atoms with van der Waals surface area (Å²) in [5, 5.41) is 31.1. The van der Waals surface area contributed by atoms with Crippen molar-refractivity contribution in [1.29, 1.82) is 0 Å². The molecule has 9 nitrogen and oxygen atoms in total. The predicted octanol–water partition coefficient (Wildman–Crippen LogP) is 4.69. The molecule has 30 heavy (non-hydrogen) atoms. The van der Waals surface area contributed by atoms with E-state index in [0.717, 1.165) is 12.1 Å². The van der Waals surface area contributed by atoms with Crippen LogP contribution in [0.5, 0.6) is 11.5 Å². The zero-order valence-corrected chi connectivity index (χ0v) is 16.6. The highest BCUT2D eigenvalue weighted by molar-refractivity contribution is 7.86. The first-order valence-corrected chi connectivity index (χ1v) is 10.0. The third-order valence-corrected chi connectivity index (χ3v) is 5.08. The summed E-state index contributed by atoms with van der Waals surface area (Å²) < 4.78 is 33.3. The molecule has 0 aromatic heterocycles. The van der Waals surface area contributed by atoms with Crippen LogP contribution in [0.1, 0.15) is 0 Å². The molecule has 1 amide bonds. The van der Waals surface area contributed by atoms with Gasteiger partial charge in [-0.05, 0) is 47.9 Å². The third-order valence-electron chi connectivity index (χ3n) is 3.98. The first kappa shape index (κ1) is 21.2. The average Bonchev–Trinajstić information content (AvgIpc) is 2.69. The largest absolute Gasteiger partial charge is 0.506 e. The minimum Gasteiger partial charge on any atom is -0.506 e. The molecule has 0 aliphatic heterocycles. The van der Waals surface area contributed by atoms with Gasteiger partial charge < -0.3 is 15.5 Å². The number of carbonyl (C=O) groups is 1. The number of phenolic OH excluding ortho intramolecular Hbond substituents is 2. The van der Waals surface area contributed by atoms with Crippen molar-refractivity contribution in [3.05, 3.63) is 60.1 Å². The lowest BCUT2D eigenvalue weighted by atomic mass is 10.1. The lowest BCUT2D eigenvalue weighted by Crippen LogP contribution is -2.07. The Kier molecular flexibility index (Phi) is 5.74. The van der Waals surface area contributed by atoms with Crippen LogP contribution in [-0.4, -0.2) is 29.1 Å². The maximum Gasteiger partial charge on any atom is 0.296 e. The molecule has 3 rings (SSSR count). The highest BCUT2D eigenvalue weighted by atomic mass is 35.5. The van der Waals surface area contributed by atoms with Gasteiger partial charge >= 0.3 is 0 Å². The number of halogens is 1. The van der Waals surface area contributed by atoms with Crippen molar-refractivity contribution in [2.45, 2.75) is 4.90 Å². The number of nitrogens with one attached hydrogen (secondary N) is 1. The summed E-state index contributed by atoms with van der Waals surface area (Å²) in [4.78, 5) is 10.8. The van der Waals surface area contributed by atoms with E-state index < -0.39 is 32.4 Å². The molecule has 0 aliphatic carbocycles. The molecule has 0 saturated heterocycles. The third kappa shape index (κ3) is 4.40. The number of hydrogen-bond donors (Lipinski definition) is 4. The molecule has 0 saturated carbocycles. The van der Waals surface area contributed by atoms with Crippen LogP contribution in [0, 0.1) is 0 Å². The van der Waals surface area contributed by atoms with E-state index in [2.05, 4.69) is 22.1 Å². The highest BCUT2D eigenvalue weighted by Gasteiger charge is 2.22. The summed E-state index contributed by atoms with van der Waals surface area (Å²) in [6, 6.07) is 9.33. The van der Waals surface area contributed by atoms with Crippen LogP contribution in [0.15, 0.2) is 70.2 Å². The lowest BCUT2D eigenvalue weighted by Gasteiger charge is -2.10. The van der Waals surface area contributed by atoms with E-state index in [-0.39, 0.29) is 27.2 Å². The average molecular weight is 448 g/mol. The van der Waals surface area contributed by atoms with Crippen molar-refractivity contribution in [3.8, 4) is 11.5 Å². The fraction of sp³-hybridized carbons (Fsp3) is 0. The molecule has 4 N–H and O–H groups in total. The smallest absolute Gasteiger partial charge is 0.296 e. The molecule has 11 heteroatoms. The standard InChI is InChI=1S/C19H14ClN3O6S/c1-2-17(25)21-12-5-3-10-7-16(30(27,28)29)18(19(26)13(10)9-12)23-22-14-8-11(20)4-6-15(14)24/h2-9,24,26H,1H2,(H,21,25)(H,27,28,29). The van der Waals surface area contributed by atoms with Crippen LogP contribution in [0.3, 0.4) is 0 Å². The number of carbonyl (C=O) groups excluding carboxylic acids is 1. The van der Waals surface area contributed by atoms with Gasteiger partial charge in [0.2, 0.25) is 5.91 Å². The van der Waals surface area contributed by atoms with Crippen LogP contribution in [-0.2, 0) is 14.9 Å². The Bertz CT molecular complexity index is 1320. The molecule has 154 valence electrons. The molecule has 0 spiro atoms. The Morgan fingerprint density at radius 2 is 1.83 bits per heavy atom. The Hall–Kier alpha value is -3.47. The second-order valence-electron chi connectivity index (χ2n) is 6.01.